The minimum absolute atomic E-state index is 0.00659. The summed E-state index contributed by atoms with van der Waals surface area (Å²) in [6.45, 7) is 10.9. The lowest BCUT2D eigenvalue weighted by Gasteiger charge is -2.30. The van der Waals surface area contributed by atoms with Crippen molar-refractivity contribution in [2.24, 2.45) is 5.92 Å². The number of aliphatic hydroxyl groups excluding tert-OH is 4. The summed E-state index contributed by atoms with van der Waals surface area (Å²) >= 11 is 0. The Morgan fingerprint density at radius 3 is 1.68 bits per heavy atom. The van der Waals surface area contributed by atoms with Crippen LogP contribution in [-0.2, 0) is 32.0 Å². The van der Waals surface area contributed by atoms with E-state index in [-0.39, 0.29) is 92.4 Å². The molecule has 2 aliphatic heterocycles. The number of imidazole rings is 1. The van der Waals surface area contributed by atoms with Crippen LogP contribution in [0.1, 0.15) is 77.0 Å². The van der Waals surface area contributed by atoms with Gasteiger partial charge in [0.1, 0.15) is 23.7 Å². The number of aromatic nitrogens is 6. The molecule has 4 amide bonds. The number of aromatic amines is 3. The fraction of sp³-hybridized carbons (Fsp3) is 0.500. The van der Waals surface area contributed by atoms with Crippen LogP contribution in [0.2, 0.25) is 0 Å². The summed E-state index contributed by atoms with van der Waals surface area (Å²) in [5.74, 6) is -2.59. The maximum absolute atomic E-state index is 14.8. The first-order valence-corrected chi connectivity index (χ1v) is 26.4. The molecule has 6 heterocycles. The van der Waals surface area contributed by atoms with Gasteiger partial charge in [0.2, 0.25) is 29.6 Å². The zero-order chi connectivity index (χ0) is 56.4. The van der Waals surface area contributed by atoms with E-state index in [0.29, 0.717) is 63.7 Å². The molecular formula is C54H71F2N13O9. The Morgan fingerprint density at radius 1 is 0.782 bits per heavy atom. The Morgan fingerprint density at radius 2 is 1.26 bits per heavy atom. The second-order valence-electron chi connectivity index (χ2n) is 20.7. The minimum Gasteiger partial charge on any atom is -0.396 e. The van der Waals surface area contributed by atoms with Gasteiger partial charge < -0.3 is 71.8 Å². The number of likely N-dealkylation sites (tertiary alicyclic amines) is 2. The molecule has 2 aromatic carbocycles. The first kappa shape index (κ1) is 57.1. The van der Waals surface area contributed by atoms with E-state index in [2.05, 4.69) is 52.8 Å². The average Bonchev–Trinajstić information content (AvgIpc) is 4.31. The molecule has 6 aromatic rings. The summed E-state index contributed by atoms with van der Waals surface area (Å²) < 4.78 is 31.2. The van der Waals surface area contributed by atoms with E-state index < -0.39 is 71.8 Å². The van der Waals surface area contributed by atoms with Crippen molar-refractivity contribution in [2.75, 3.05) is 39.5 Å². The van der Waals surface area contributed by atoms with Crippen LogP contribution in [0.4, 0.5) is 14.7 Å². The van der Waals surface area contributed by atoms with Crippen LogP contribution in [0.3, 0.4) is 0 Å². The molecule has 420 valence electrons. The van der Waals surface area contributed by atoms with Gasteiger partial charge in [0.15, 0.2) is 11.2 Å². The predicted octanol–water partition coefficient (Wildman–Crippen LogP) is 1.78. The molecule has 0 unspecified atom stereocenters. The number of fused-ring (bicyclic) bond motifs is 3. The first-order chi connectivity index (χ1) is 37.2. The molecule has 13 N–H and O–H groups in total. The molecule has 22 nitrogen and oxygen atoms in total. The number of nitrogens with zero attached hydrogens (tertiary/aromatic N) is 5. The summed E-state index contributed by atoms with van der Waals surface area (Å²) in [7, 11) is 3.31. The summed E-state index contributed by atoms with van der Waals surface area (Å²) in [4.78, 5) is 85.9. The number of aliphatic hydroxyl groups is 4. The van der Waals surface area contributed by atoms with Gasteiger partial charge >= 0.3 is 0 Å². The highest BCUT2D eigenvalue weighted by Gasteiger charge is 2.42. The molecule has 2 saturated heterocycles. The number of nitrogens with one attached hydrogen (secondary N) is 7. The van der Waals surface area contributed by atoms with Gasteiger partial charge in [0.05, 0.1) is 60.8 Å². The fourth-order valence-electron chi connectivity index (χ4n) is 11.2. The lowest BCUT2D eigenvalue weighted by atomic mass is 9.94. The van der Waals surface area contributed by atoms with E-state index in [4.69, 9.17) is 5.73 Å². The van der Waals surface area contributed by atoms with Gasteiger partial charge in [-0.3, -0.25) is 29.0 Å². The molecule has 0 bridgehead atoms. The van der Waals surface area contributed by atoms with Gasteiger partial charge in [0.25, 0.3) is 5.56 Å². The van der Waals surface area contributed by atoms with Gasteiger partial charge in [-0.05, 0) is 126 Å². The second-order valence-corrected chi connectivity index (χ2v) is 20.7. The van der Waals surface area contributed by atoms with Gasteiger partial charge in [-0.15, -0.1) is 0 Å². The SMILES string of the molecule is C=C1[C@H](CO)[C@@H](O)C[C@@H]1n1cnc2c(=O)[nH]c(N)nc21.CC[C@H](NC(=O)[C@H](C)NC)C(=O)N1C[C@@H](O)C[C@H]1Cc1c(-c2[nH]c3cc(F)ccc3c2C[C@@H]2C[C@H](O)CN2C(=O)[C@H](CC)NC(=O)[C@H](C)NC)[nH]c2cc(F)ccc12. The number of nitrogen functional groups attached to an aromatic ring is 1. The third-order valence-electron chi connectivity index (χ3n) is 15.7. The maximum Gasteiger partial charge on any atom is 0.280 e. The Hall–Kier alpha value is -7.09. The highest BCUT2D eigenvalue weighted by atomic mass is 19.1. The number of hydrogen-bond donors (Lipinski definition) is 12. The van der Waals surface area contributed by atoms with Crippen LogP contribution in [-0.4, -0.2) is 172 Å². The zero-order valence-electron chi connectivity index (χ0n) is 44.6. The number of rotatable bonds is 17. The molecular weight excluding hydrogens is 1010 g/mol. The van der Waals surface area contributed by atoms with E-state index in [0.717, 1.165) is 11.1 Å². The molecule has 9 rings (SSSR count). The van der Waals surface area contributed by atoms with Crippen LogP contribution in [0.5, 0.6) is 0 Å². The number of H-pyrrole nitrogens is 3. The van der Waals surface area contributed by atoms with Gasteiger partial charge in [-0.2, -0.15) is 4.98 Å². The van der Waals surface area contributed by atoms with E-state index in [1.807, 2.05) is 13.8 Å². The van der Waals surface area contributed by atoms with Crippen molar-refractivity contribution in [1.82, 2.24) is 60.6 Å². The second kappa shape index (κ2) is 23.9. The average molecular weight is 1080 g/mol. The number of nitrogens with two attached hydrogens (primary N) is 1. The number of β-amino-alcohol motifs (C(OH)–C–C–N with tert-alkyl or cyclic N) is 2. The van der Waals surface area contributed by atoms with Gasteiger partial charge in [-0.25, -0.2) is 13.8 Å². The molecule has 4 aromatic heterocycles. The third-order valence-corrected chi connectivity index (χ3v) is 15.7. The summed E-state index contributed by atoms with van der Waals surface area (Å²) in [5.41, 5.74) is 9.95. The van der Waals surface area contributed by atoms with Crippen LogP contribution in [0.15, 0.2) is 59.7 Å². The zero-order valence-corrected chi connectivity index (χ0v) is 44.6. The number of hydrogen-bond acceptors (Lipinski definition) is 14. The van der Waals surface area contributed by atoms with Crippen LogP contribution in [0.25, 0.3) is 44.4 Å². The van der Waals surface area contributed by atoms with Gasteiger partial charge in [-0.1, -0.05) is 20.4 Å². The van der Waals surface area contributed by atoms with E-state index in [1.165, 1.54) is 30.6 Å². The molecule has 0 radical (unpaired) electrons. The highest BCUT2D eigenvalue weighted by Crippen LogP contribution is 2.41. The number of benzene rings is 2. The molecule has 24 heteroatoms. The molecule has 1 saturated carbocycles. The monoisotopic (exact) mass is 1080 g/mol. The number of likely N-dealkylation sites (N-methyl/N-ethyl adjacent to an activating group) is 2. The van der Waals surface area contributed by atoms with E-state index in [1.54, 1.807) is 54.4 Å². The Labute approximate surface area is 448 Å². The van der Waals surface area contributed by atoms with Crippen molar-refractivity contribution in [3.05, 3.63) is 88.0 Å². The lowest BCUT2D eigenvalue weighted by Crippen LogP contribution is -2.53. The standard InChI is InChI=1S/C42H56F2N8O6.C12H15N5O3/c1-7-33(49-39(55)21(3)45-5)41(57)51-19-27(53)15-25(51)17-31-29-11-9-23(43)13-35(29)47-37(31)38-32(30-12-10-24(44)14-36(30)48-38)18-26-16-28(54)20-52(26)42(58)34(8-2)50-40(56)22(4)46-6;1-5-6(3-18)8(19)2-7(5)17-4-14-9-10(17)15-12(13)16-11(9)20/h9-14,21-22,25-28,33-34,45-48,53-54H,7-8,15-20H2,1-6H3,(H,49,55)(H,50,56);4,6-8,18-19H,1-3H2,(H3,13,15,16,20)/t21-,22-,25-,26-,27-,28-,33-,34-;6-,7-,8-/m00/s1. The number of halogens is 2. The largest absolute Gasteiger partial charge is 0.396 e. The van der Waals surface area contributed by atoms with Crippen molar-refractivity contribution >= 4 is 62.5 Å². The first-order valence-electron chi connectivity index (χ1n) is 26.4. The van der Waals surface area contributed by atoms with Crippen LogP contribution >= 0.6 is 0 Å². The Kier molecular flexibility index (Phi) is 17.5. The topological polar surface area (TPSA) is 325 Å². The Bertz CT molecular complexity index is 3120. The molecule has 3 fully saturated rings. The van der Waals surface area contributed by atoms with Crippen molar-refractivity contribution in [3.63, 3.8) is 0 Å². The van der Waals surface area contributed by atoms with Crippen molar-refractivity contribution < 1.29 is 48.4 Å². The van der Waals surface area contributed by atoms with Crippen molar-refractivity contribution in [2.45, 2.75) is 133 Å². The summed E-state index contributed by atoms with van der Waals surface area (Å²) in [5, 5.41) is 53.9. The Balaban J connectivity index is 0.000000333. The van der Waals surface area contributed by atoms with E-state index >= 15 is 0 Å². The predicted molar refractivity (Wildman–Crippen MR) is 289 cm³/mol. The molecule has 11 atom stereocenters. The minimum atomic E-state index is -0.817. The lowest BCUT2D eigenvalue weighted by molar-refractivity contribution is -0.138. The van der Waals surface area contributed by atoms with Crippen molar-refractivity contribution in [1.29, 1.82) is 0 Å². The van der Waals surface area contributed by atoms with Gasteiger partial charge in [0, 0.05) is 52.9 Å². The normalized spacial score (nSPS) is 22.9. The summed E-state index contributed by atoms with van der Waals surface area (Å²) in [6.07, 6.45) is 1.28. The van der Waals surface area contributed by atoms with E-state index in [9.17, 15) is 53.2 Å². The number of anilines is 1. The molecule has 78 heavy (non-hydrogen) atoms. The molecule has 0 spiro atoms. The fourth-order valence-corrected chi connectivity index (χ4v) is 11.2. The maximum atomic E-state index is 14.8. The number of carbonyl (C=O) groups excluding carboxylic acids is 4. The highest BCUT2D eigenvalue weighted by molar-refractivity contribution is 5.97. The van der Waals surface area contributed by atoms with Crippen LogP contribution < -0.4 is 32.6 Å². The molecule has 1 aliphatic carbocycles. The summed E-state index contributed by atoms with van der Waals surface area (Å²) in [6, 6.07) is 4.87. The smallest absolute Gasteiger partial charge is 0.280 e. The number of amides is 4. The number of carbonyl (C=O) groups is 4. The third kappa shape index (κ3) is 11.5. The van der Waals surface area contributed by atoms with Crippen LogP contribution in [0, 0.1) is 17.6 Å². The molecule has 3 aliphatic rings. The van der Waals surface area contributed by atoms with Crippen molar-refractivity contribution in [3.8, 4) is 11.4 Å². The quantitative estimate of drug-likeness (QED) is 0.0580.